The van der Waals surface area contributed by atoms with E-state index in [0.717, 1.165) is 17.8 Å². The highest BCUT2D eigenvalue weighted by atomic mass is 16.4. The molecule has 0 aliphatic rings. The van der Waals surface area contributed by atoms with Gasteiger partial charge in [-0.1, -0.05) is 12.1 Å². The van der Waals surface area contributed by atoms with Gasteiger partial charge < -0.3 is 10.4 Å². The fourth-order valence-electron chi connectivity index (χ4n) is 1.89. The minimum absolute atomic E-state index is 0.649. The maximum atomic E-state index is 11.4. The predicted octanol–water partition coefficient (Wildman–Crippen LogP) is 2.45. The average molecular weight is 259 g/mol. The fraction of sp³-hybridized carbons (Fsp3) is 0.286. The first-order valence-corrected chi connectivity index (χ1v) is 6.18. The van der Waals surface area contributed by atoms with E-state index in [1.807, 2.05) is 38.1 Å². The molecule has 0 aliphatic carbocycles. The van der Waals surface area contributed by atoms with Crippen molar-refractivity contribution in [3.63, 3.8) is 0 Å². The van der Waals surface area contributed by atoms with Crippen molar-refractivity contribution in [2.24, 2.45) is 0 Å². The zero-order valence-corrected chi connectivity index (χ0v) is 11.0. The second-order valence-electron chi connectivity index (χ2n) is 4.41. The number of aliphatic carboxylic acids is 1. The number of anilines is 1. The summed E-state index contributed by atoms with van der Waals surface area (Å²) in [6.07, 6.45) is 3.34. The summed E-state index contributed by atoms with van der Waals surface area (Å²) in [5.74, 6) is -0.919. The van der Waals surface area contributed by atoms with Crippen molar-refractivity contribution in [2.75, 3.05) is 5.32 Å². The van der Waals surface area contributed by atoms with Crippen LogP contribution in [-0.4, -0.2) is 20.9 Å². The molecule has 0 amide bonds. The quantitative estimate of drug-likeness (QED) is 0.865. The van der Waals surface area contributed by atoms with E-state index in [-0.39, 0.29) is 0 Å². The molecule has 0 bridgehead atoms. The molecule has 0 radical (unpaired) electrons. The predicted molar refractivity (Wildman–Crippen MR) is 73.1 cm³/mol. The smallest absolute Gasteiger partial charge is 0.330 e. The Morgan fingerprint density at radius 3 is 2.89 bits per heavy atom. The van der Waals surface area contributed by atoms with Gasteiger partial charge in [-0.05, 0) is 31.5 Å². The fourth-order valence-corrected chi connectivity index (χ4v) is 1.89. The van der Waals surface area contributed by atoms with Gasteiger partial charge in [0.1, 0.15) is 0 Å². The molecule has 100 valence electrons. The Bertz CT molecular complexity index is 578. The Morgan fingerprint density at radius 1 is 1.53 bits per heavy atom. The van der Waals surface area contributed by atoms with Crippen molar-refractivity contribution in [3.8, 4) is 0 Å². The van der Waals surface area contributed by atoms with Gasteiger partial charge in [-0.2, -0.15) is 5.10 Å². The molecule has 0 fully saturated rings. The number of benzene rings is 1. The number of carboxylic acids is 1. The molecule has 0 spiro atoms. The van der Waals surface area contributed by atoms with Gasteiger partial charge in [0.25, 0.3) is 0 Å². The van der Waals surface area contributed by atoms with Crippen LogP contribution < -0.4 is 5.32 Å². The molecular formula is C14H17N3O2. The van der Waals surface area contributed by atoms with Crippen LogP contribution in [0.1, 0.15) is 24.1 Å². The van der Waals surface area contributed by atoms with E-state index in [2.05, 4.69) is 10.4 Å². The summed E-state index contributed by atoms with van der Waals surface area (Å²) in [5, 5.41) is 16.5. The second-order valence-corrected chi connectivity index (χ2v) is 4.41. The molecule has 19 heavy (non-hydrogen) atoms. The molecule has 0 saturated heterocycles. The molecule has 2 rings (SSSR count). The Labute approximate surface area is 111 Å². The largest absolute Gasteiger partial charge is 0.479 e. The minimum atomic E-state index is -0.919. The summed E-state index contributed by atoms with van der Waals surface area (Å²) in [6, 6.07) is 6.84. The maximum Gasteiger partial charge on any atom is 0.330 e. The topological polar surface area (TPSA) is 67.2 Å². The molecule has 1 aromatic heterocycles. The number of rotatable bonds is 5. The zero-order valence-electron chi connectivity index (χ0n) is 11.0. The van der Waals surface area contributed by atoms with Gasteiger partial charge in [0.15, 0.2) is 6.04 Å². The van der Waals surface area contributed by atoms with Gasteiger partial charge >= 0.3 is 5.97 Å². The van der Waals surface area contributed by atoms with Crippen LogP contribution in [-0.2, 0) is 11.3 Å². The molecule has 1 unspecified atom stereocenters. The van der Waals surface area contributed by atoms with Crippen molar-refractivity contribution in [1.82, 2.24) is 9.78 Å². The second kappa shape index (κ2) is 5.56. The van der Waals surface area contributed by atoms with Gasteiger partial charge in [0, 0.05) is 24.0 Å². The highest BCUT2D eigenvalue weighted by molar-refractivity contribution is 5.79. The number of hydrogen-bond acceptors (Lipinski definition) is 3. The Morgan fingerprint density at radius 2 is 2.32 bits per heavy atom. The van der Waals surface area contributed by atoms with Crippen LogP contribution in [0.2, 0.25) is 0 Å². The van der Waals surface area contributed by atoms with Gasteiger partial charge in [-0.25, -0.2) is 4.79 Å². The van der Waals surface area contributed by atoms with E-state index in [0.29, 0.717) is 5.56 Å². The van der Waals surface area contributed by atoms with E-state index in [1.165, 1.54) is 0 Å². The summed E-state index contributed by atoms with van der Waals surface area (Å²) >= 11 is 0. The Hall–Kier alpha value is -2.30. The SMILES string of the molecule is CCn1cc(C(Nc2cccc(C)c2)C(=O)O)cn1. The van der Waals surface area contributed by atoms with Crippen LogP contribution in [0, 0.1) is 6.92 Å². The lowest BCUT2D eigenvalue weighted by atomic mass is 10.1. The summed E-state index contributed by atoms with van der Waals surface area (Å²) in [4.78, 5) is 11.4. The minimum Gasteiger partial charge on any atom is -0.479 e. The Balaban J connectivity index is 2.23. The summed E-state index contributed by atoms with van der Waals surface area (Å²) in [5.41, 5.74) is 2.52. The van der Waals surface area contributed by atoms with Crippen LogP contribution in [0.3, 0.4) is 0 Å². The first-order chi connectivity index (χ1) is 9.10. The maximum absolute atomic E-state index is 11.4. The molecule has 2 N–H and O–H groups in total. The lowest BCUT2D eigenvalue weighted by Gasteiger charge is -2.14. The summed E-state index contributed by atoms with van der Waals surface area (Å²) < 4.78 is 1.71. The lowest BCUT2D eigenvalue weighted by molar-refractivity contribution is -0.138. The molecule has 1 atom stereocenters. The third-order valence-electron chi connectivity index (χ3n) is 2.89. The van der Waals surface area contributed by atoms with E-state index in [4.69, 9.17) is 0 Å². The highest BCUT2D eigenvalue weighted by Crippen LogP contribution is 2.20. The Kier molecular flexibility index (Phi) is 3.85. The van der Waals surface area contributed by atoms with Crippen molar-refractivity contribution >= 4 is 11.7 Å². The van der Waals surface area contributed by atoms with E-state index >= 15 is 0 Å². The standard InChI is InChI=1S/C14H17N3O2/c1-3-17-9-11(8-15-17)13(14(18)19)16-12-6-4-5-10(2)7-12/h4-9,13,16H,3H2,1-2H3,(H,18,19). The molecule has 5 nitrogen and oxygen atoms in total. The molecule has 1 aromatic carbocycles. The van der Waals surface area contributed by atoms with Crippen molar-refractivity contribution in [2.45, 2.75) is 26.4 Å². The molecule has 5 heteroatoms. The van der Waals surface area contributed by atoms with Crippen LogP contribution in [0.15, 0.2) is 36.7 Å². The molecule has 0 aliphatic heterocycles. The van der Waals surface area contributed by atoms with Gasteiger partial charge in [0.05, 0.1) is 6.20 Å². The number of aryl methyl sites for hydroxylation is 2. The van der Waals surface area contributed by atoms with Gasteiger partial charge in [-0.3, -0.25) is 4.68 Å². The van der Waals surface area contributed by atoms with Crippen LogP contribution in [0.4, 0.5) is 5.69 Å². The van der Waals surface area contributed by atoms with Crippen LogP contribution in [0.25, 0.3) is 0 Å². The summed E-state index contributed by atoms with van der Waals surface area (Å²) in [7, 11) is 0. The van der Waals surface area contributed by atoms with Gasteiger partial charge in [0.2, 0.25) is 0 Å². The number of carbonyl (C=O) groups is 1. The first kappa shape index (κ1) is 13.1. The van der Waals surface area contributed by atoms with Crippen molar-refractivity contribution < 1.29 is 9.90 Å². The number of carboxylic acid groups (broad SMARTS) is 1. The number of nitrogens with zero attached hydrogens (tertiary/aromatic N) is 2. The van der Waals surface area contributed by atoms with Crippen LogP contribution in [0.5, 0.6) is 0 Å². The lowest BCUT2D eigenvalue weighted by Crippen LogP contribution is -2.20. The first-order valence-electron chi connectivity index (χ1n) is 6.18. The molecule has 2 aromatic rings. The van der Waals surface area contributed by atoms with E-state index < -0.39 is 12.0 Å². The highest BCUT2D eigenvalue weighted by Gasteiger charge is 2.21. The van der Waals surface area contributed by atoms with E-state index in [9.17, 15) is 9.90 Å². The number of nitrogens with one attached hydrogen (secondary N) is 1. The monoisotopic (exact) mass is 259 g/mol. The molecule has 0 saturated carbocycles. The normalized spacial score (nSPS) is 12.1. The van der Waals surface area contributed by atoms with Crippen LogP contribution >= 0.6 is 0 Å². The zero-order chi connectivity index (χ0) is 13.8. The summed E-state index contributed by atoms with van der Waals surface area (Å²) in [6.45, 7) is 4.65. The third kappa shape index (κ3) is 3.13. The molecular weight excluding hydrogens is 242 g/mol. The van der Waals surface area contributed by atoms with Crippen molar-refractivity contribution in [3.05, 3.63) is 47.8 Å². The molecule has 1 heterocycles. The third-order valence-corrected chi connectivity index (χ3v) is 2.89. The average Bonchev–Trinajstić information content (AvgIpc) is 2.84. The van der Waals surface area contributed by atoms with E-state index in [1.54, 1.807) is 17.1 Å². The number of aromatic nitrogens is 2. The number of hydrogen-bond donors (Lipinski definition) is 2. The van der Waals surface area contributed by atoms with Crippen molar-refractivity contribution in [1.29, 1.82) is 0 Å². The van der Waals surface area contributed by atoms with Gasteiger partial charge in [-0.15, -0.1) is 0 Å².